The second-order valence-corrected chi connectivity index (χ2v) is 6.60. The van der Waals surface area contributed by atoms with Crippen LogP contribution in [-0.2, 0) is 10.0 Å². The van der Waals surface area contributed by atoms with Crippen LogP contribution in [0.15, 0.2) is 45.9 Å². The van der Waals surface area contributed by atoms with Crippen molar-refractivity contribution in [3.8, 4) is 0 Å². The molecule has 0 spiro atoms. The largest absolute Gasteiger partial charge is 0.397 e. The number of benzene rings is 1. The molecule has 0 amide bonds. The van der Waals surface area contributed by atoms with Gasteiger partial charge in [-0.2, -0.15) is 0 Å². The number of hydrogen-bond acceptors (Lipinski definition) is 4. The Hall–Kier alpha value is -1.60. The summed E-state index contributed by atoms with van der Waals surface area (Å²) in [4.78, 5) is 4.15. The molecule has 7 heteroatoms. The summed E-state index contributed by atoms with van der Waals surface area (Å²) in [6.45, 7) is 1.74. The molecule has 100 valence electrons. The molecule has 0 bridgehead atoms. The molecule has 1 aromatic carbocycles. The van der Waals surface area contributed by atoms with Crippen LogP contribution in [0.2, 0.25) is 0 Å². The van der Waals surface area contributed by atoms with E-state index in [9.17, 15) is 8.42 Å². The fraction of sp³-hybridized carbons (Fsp3) is 0.0833. The van der Waals surface area contributed by atoms with Gasteiger partial charge in [0, 0.05) is 4.47 Å². The topological polar surface area (TPSA) is 85.1 Å². The highest BCUT2D eigenvalue weighted by Gasteiger charge is 2.16. The first-order valence-electron chi connectivity index (χ1n) is 5.39. The van der Waals surface area contributed by atoms with Crippen LogP contribution >= 0.6 is 15.9 Å². The van der Waals surface area contributed by atoms with Gasteiger partial charge in [0.15, 0.2) is 0 Å². The molecule has 1 heterocycles. The average Bonchev–Trinajstić information content (AvgIpc) is 2.33. The van der Waals surface area contributed by atoms with Crippen LogP contribution < -0.4 is 10.5 Å². The fourth-order valence-corrected chi connectivity index (χ4v) is 3.20. The summed E-state index contributed by atoms with van der Waals surface area (Å²) in [6, 6.07) is 8.11. The zero-order chi connectivity index (χ0) is 14.0. The van der Waals surface area contributed by atoms with Crippen molar-refractivity contribution in [1.82, 2.24) is 4.98 Å². The number of nitrogen functional groups attached to an aromatic ring is 1. The maximum absolute atomic E-state index is 12.2. The number of rotatable bonds is 3. The number of hydrogen-bond donors (Lipinski definition) is 2. The van der Waals surface area contributed by atoms with Gasteiger partial charge >= 0.3 is 0 Å². The second kappa shape index (κ2) is 5.18. The SMILES string of the molecule is Cc1cc(N)cnc1NS(=O)(=O)c1cccc(Br)c1. The molecule has 19 heavy (non-hydrogen) atoms. The quantitative estimate of drug-likeness (QED) is 0.898. The van der Waals surface area contributed by atoms with Crippen LogP contribution in [0.5, 0.6) is 0 Å². The second-order valence-electron chi connectivity index (χ2n) is 4.00. The van der Waals surface area contributed by atoms with E-state index in [-0.39, 0.29) is 10.7 Å². The maximum atomic E-state index is 12.2. The van der Waals surface area contributed by atoms with Crippen LogP contribution in [0, 0.1) is 6.92 Å². The molecule has 0 aliphatic carbocycles. The van der Waals surface area contributed by atoms with Crippen molar-refractivity contribution < 1.29 is 8.42 Å². The lowest BCUT2D eigenvalue weighted by molar-refractivity contribution is 0.601. The Morgan fingerprint density at radius 2 is 2.05 bits per heavy atom. The van der Waals surface area contributed by atoms with Crippen molar-refractivity contribution in [2.45, 2.75) is 11.8 Å². The third-order valence-corrected chi connectivity index (χ3v) is 4.27. The summed E-state index contributed by atoms with van der Waals surface area (Å²) in [5.74, 6) is 0.272. The van der Waals surface area contributed by atoms with Gasteiger partial charge in [-0.25, -0.2) is 13.4 Å². The van der Waals surface area contributed by atoms with Crippen molar-refractivity contribution in [3.05, 3.63) is 46.6 Å². The van der Waals surface area contributed by atoms with Crippen LogP contribution in [0.1, 0.15) is 5.56 Å². The summed E-state index contributed by atoms with van der Waals surface area (Å²) in [6.07, 6.45) is 1.41. The number of halogens is 1. The van der Waals surface area contributed by atoms with Crippen LogP contribution in [0.25, 0.3) is 0 Å². The molecule has 3 N–H and O–H groups in total. The molecular weight excluding hydrogens is 330 g/mol. The number of nitrogens with two attached hydrogens (primary N) is 1. The third-order valence-electron chi connectivity index (χ3n) is 2.44. The number of sulfonamides is 1. The van der Waals surface area contributed by atoms with Gasteiger partial charge < -0.3 is 5.73 Å². The molecule has 0 saturated heterocycles. The van der Waals surface area contributed by atoms with Gasteiger partial charge in [0.05, 0.1) is 16.8 Å². The lowest BCUT2D eigenvalue weighted by atomic mass is 10.3. The smallest absolute Gasteiger partial charge is 0.263 e. The molecule has 0 aliphatic heterocycles. The lowest BCUT2D eigenvalue weighted by Crippen LogP contribution is -2.15. The number of anilines is 2. The van der Waals surface area contributed by atoms with E-state index in [1.54, 1.807) is 25.1 Å². The predicted octanol–water partition coefficient (Wildman–Crippen LogP) is 2.54. The fourth-order valence-electron chi connectivity index (χ4n) is 1.52. The Bertz CT molecular complexity index is 717. The van der Waals surface area contributed by atoms with E-state index in [4.69, 9.17) is 5.73 Å². The molecule has 0 fully saturated rings. The molecule has 0 aliphatic rings. The van der Waals surface area contributed by atoms with Crippen molar-refractivity contribution in [2.24, 2.45) is 0 Å². The standard InChI is InChI=1S/C12H12BrN3O2S/c1-8-5-10(14)7-15-12(8)16-19(17,18)11-4-2-3-9(13)6-11/h2-7H,14H2,1H3,(H,15,16). The van der Waals surface area contributed by atoms with Crippen LogP contribution in [-0.4, -0.2) is 13.4 Å². The Morgan fingerprint density at radius 1 is 1.32 bits per heavy atom. The minimum atomic E-state index is -3.65. The highest BCUT2D eigenvalue weighted by Crippen LogP contribution is 2.21. The monoisotopic (exact) mass is 341 g/mol. The molecule has 0 radical (unpaired) electrons. The van der Waals surface area contributed by atoms with E-state index in [1.807, 2.05) is 0 Å². The van der Waals surface area contributed by atoms with E-state index in [2.05, 4.69) is 25.6 Å². The van der Waals surface area contributed by atoms with Gasteiger partial charge in [0.1, 0.15) is 5.82 Å². The van der Waals surface area contributed by atoms with Crippen molar-refractivity contribution >= 4 is 37.5 Å². The number of pyridine rings is 1. The molecule has 0 atom stereocenters. The highest BCUT2D eigenvalue weighted by molar-refractivity contribution is 9.10. The Kier molecular flexibility index (Phi) is 3.77. The first kappa shape index (κ1) is 13.8. The summed E-state index contributed by atoms with van der Waals surface area (Å²) >= 11 is 3.24. The minimum absolute atomic E-state index is 0.167. The van der Waals surface area contributed by atoms with Gasteiger partial charge in [-0.05, 0) is 36.8 Å². The summed E-state index contributed by atoms with van der Waals surface area (Å²) in [5.41, 5.74) is 6.73. The van der Waals surface area contributed by atoms with Gasteiger partial charge in [-0.15, -0.1) is 0 Å². The summed E-state index contributed by atoms with van der Waals surface area (Å²) in [7, 11) is -3.65. The summed E-state index contributed by atoms with van der Waals surface area (Å²) < 4.78 is 27.5. The molecule has 5 nitrogen and oxygen atoms in total. The minimum Gasteiger partial charge on any atom is -0.397 e. The molecule has 0 unspecified atom stereocenters. The van der Waals surface area contributed by atoms with Crippen molar-refractivity contribution in [1.29, 1.82) is 0 Å². The zero-order valence-corrected chi connectivity index (χ0v) is 12.5. The Balaban J connectivity index is 2.36. The Labute approximate surface area is 120 Å². The molecular formula is C12H12BrN3O2S. The first-order chi connectivity index (χ1) is 8.88. The number of nitrogens with zero attached hydrogens (tertiary/aromatic N) is 1. The normalized spacial score (nSPS) is 11.3. The third kappa shape index (κ3) is 3.24. The van der Waals surface area contributed by atoms with Gasteiger partial charge in [0.25, 0.3) is 10.0 Å². The van der Waals surface area contributed by atoms with E-state index >= 15 is 0 Å². The van der Waals surface area contributed by atoms with Gasteiger partial charge in [-0.1, -0.05) is 22.0 Å². The zero-order valence-electron chi connectivity index (χ0n) is 10.1. The number of aromatic nitrogens is 1. The maximum Gasteiger partial charge on any atom is 0.263 e. The molecule has 2 aromatic rings. The van der Waals surface area contributed by atoms with E-state index in [0.717, 1.165) is 0 Å². The van der Waals surface area contributed by atoms with E-state index < -0.39 is 10.0 Å². The molecule has 0 saturated carbocycles. The predicted molar refractivity (Wildman–Crippen MR) is 78.3 cm³/mol. The highest BCUT2D eigenvalue weighted by atomic mass is 79.9. The van der Waals surface area contributed by atoms with E-state index in [0.29, 0.717) is 15.7 Å². The van der Waals surface area contributed by atoms with Crippen LogP contribution in [0.3, 0.4) is 0 Å². The lowest BCUT2D eigenvalue weighted by Gasteiger charge is -2.10. The van der Waals surface area contributed by atoms with Crippen LogP contribution in [0.4, 0.5) is 11.5 Å². The number of nitrogens with one attached hydrogen (secondary N) is 1. The first-order valence-corrected chi connectivity index (χ1v) is 7.66. The summed E-state index contributed by atoms with van der Waals surface area (Å²) in [5, 5.41) is 0. The van der Waals surface area contributed by atoms with Gasteiger partial charge in [0.2, 0.25) is 0 Å². The van der Waals surface area contributed by atoms with Crippen molar-refractivity contribution in [2.75, 3.05) is 10.5 Å². The van der Waals surface area contributed by atoms with Gasteiger partial charge in [-0.3, -0.25) is 4.72 Å². The van der Waals surface area contributed by atoms with E-state index in [1.165, 1.54) is 18.3 Å². The average molecular weight is 342 g/mol. The van der Waals surface area contributed by atoms with Crippen molar-refractivity contribution in [3.63, 3.8) is 0 Å². The Morgan fingerprint density at radius 3 is 2.68 bits per heavy atom. The molecule has 2 rings (SSSR count). The number of aryl methyl sites for hydroxylation is 1. The molecule has 1 aromatic heterocycles.